The monoisotopic (exact) mass is 303 g/mol. The van der Waals surface area contributed by atoms with Gasteiger partial charge in [0.15, 0.2) is 9.84 Å². The van der Waals surface area contributed by atoms with Crippen LogP contribution in [0.3, 0.4) is 0 Å². The predicted molar refractivity (Wildman–Crippen MR) is 74.0 cm³/mol. The number of nitrogens with zero attached hydrogens (tertiary/aromatic N) is 1. The molecule has 0 saturated carbocycles. The van der Waals surface area contributed by atoms with E-state index in [4.69, 9.17) is 0 Å². The molecule has 0 N–H and O–H groups in total. The summed E-state index contributed by atoms with van der Waals surface area (Å²) in [4.78, 5) is 0. The van der Waals surface area contributed by atoms with Gasteiger partial charge in [-0.05, 0) is 12.0 Å². The van der Waals surface area contributed by atoms with Gasteiger partial charge in [0.05, 0.1) is 23.8 Å². The first kappa shape index (κ1) is 14.5. The smallest absolute Gasteiger partial charge is 0.211 e. The molecule has 2 rings (SSSR count). The van der Waals surface area contributed by atoms with Gasteiger partial charge in [0.2, 0.25) is 10.0 Å². The highest BCUT2D eigenvalue weighted by Gasteiger charge is 2.34. The summed E-state index contributed by atoms with van der Waals surface area (Å²) in [5, 5.41) is 0. The molecule has 0 amide bonds. The van der Waals surface area contributed by atoms with E-state index >= 15 is 0 Å². The van der Waals surface area contributed by atoms with Crippen molar-refractivity contribution in [2.45, 2.75) is 12.5 Å². The standard InChI is InChI=1S/C12H17NO4S2/c1-18(14,15)13-8-5-9-19(16,17)10-12(13)11-6-3-2-4-7-11/h2-4,6-7,12H,5,8-10H2,1H3. The number of hydrogen-bond donors (Lipinski definition) is 0. The SMILES string of the molecule is CS(=O)(=O)N1CCCS(=O)(=O)CC1c1ccccc1. The Morgan fingerprint density at radius 1 is 1.21 bits per heavy atom. The molecule has 1 unspecified atom stereocenters. The van der Waals surface area contributed by atoms with Crippen molar-refractivity contribution in [3.8, 4) is 0 Å². The summed E-state index contributed by atoms with van der Waals surface area (Å²) in [5.41, 5.74) is 0.721. The molecular formula is C12H17NO4S2. The van der Waals surface area contributed by atoms with Crippen molar-refractivity contribution >= 4 is 19.9 Å². The molecule has 0 spiro atoms. The van der Waals surface area contributed by atoms with Crippen LogP contribution < -0.4 is 0 Å². The van der Waals surface area contributed by atoms with Crippen LogP contribution in [-0.2, 0) is 19.9 Å². The van der Waals surface area contributed by atoms with E-state index in [0.717, 1.165) is 11.8 Å². The highest BCUT2D eigenvalue weighted by atomic mass is 32.2. The second-order valence-electron chi connectivity index (χ2n) is 4.77. The van der Waals surface area contributed by atoms with Crippen LogP contribution in [0.5, 0.6) is 0 Å². The molecule has 1 aliphatic rings. The minimum atomic E-state index is -3.43. The van der Waals surface area contributed by atoms with Crippen LogP contribution in [-0.4, -0.2) is 45.4 Å². The van der Waals surface area contributed by atoms with Gasteiger partial charge in [-0.25, -0.2) is 16.8 Å². The maximum atomic E-state index is 11.9. The maximum absolute atomic E-state index is 11.9. The van der Waals surface area contributed by atoms with Gasteiger partial charge in [0.1, 0.15) is 0 Å². The first-order valence-electron chi connectivity index (χ1n) is 6.02. The van der Waals surface area contributed by atoms with E-state index in [1.165, 1.54) is 4.31 Å². The predicted octanol–water partition coefficient (Wildman–Crippen LogP) is 0.808. The molecule has 0 radical (unpaired) electrons. The van der Waals surface area contributed by atoms with E-state index in [1.54, 1.807) is 24.3 Å². The molecule has 1 heterocycles. The summed E-state index contributed by atoms with van der Waals surface area (Å²) in [6, 6.07) is 8.30. The van der Waals surface area contributed by atoms with Crippen LogP contribution in [0.4, 0.5) is 0 Å². The molecule has 19 heavy (non-hydrogen) atoms. The average Bonchev–Trinajstić information content (AvgIpc) is 2.48. The molecule has 7 heteroatoms. The molecule has 1 atom stereocenters. The number of hydrogen-bond acceptors (Lipinski definition) is 4. The molecule has 0 bridgehead atoms. The van der Waals surface area contributed by atoms with Crippen LogP contribution in [0.25, 0.3) is 0 Å². The highest BCUT2D eigenvalue weighted by Crippen LogP contribution is 2.28. The van der Waals surface area contributed by atoms with E-state index in [1.807, 2.05) is 6.07 Å². The third-order valence-electron chi connectivity index (χ3n) is 3.20. The fourth-order valence-corrected chi connectivity index (χ4v) is 5.14. The Bertz CT molecular complexity index is 638. The zero-order chi connectivity index (χ0) is 14.1. The van der Waals surface area contributed by atoms with Crippen molar-refractivity contribution in [1.29, 1.82) is 0 Å². The van der Waals surface area contributed by atoms with Gasteiger partial charge in [0, 0.05) is 6.54 Å². The first-order chi connectivity index (χ1) is 8.80. The summed E-state index contributed by atoms with van der Waals surface area (Å²) in [5.74, 6) is -0.105. The number of sulfonamides is 1. The van der Waals surface area contributed by atoms with Crippen LogP contribution in [0.15, 0.2) is 30.3 Å². The number of sulfone groups is 1. The number of rotatable bonds is 2. The summed E-state index contributed by atoms with van der Waals surface area (Å²) >= 11 is 0. The van der Waals surface area contributed by atoms with Gasteiger partial charge in [-0.2, -0.15) is 4.31 Å². The van der Waals surface area contributed by atoms with Gasteiger partial charge in [-0.15, -0.1) is 0 Å². The van der Waals surface area contributed by atoms with Gasteiger partial charge < -0.3 is 0 Å². The Kier molecular flexibility index (Phi) is 3.98. The fourth-order valence-electron chi connectivity index (χ4n) is 2.34. The van der Waals surface area contributed by atoms with Crippen molar-refractivity contribution in [2.75, 3.05) is 24.3 Å². The molecule has 1 fully saturated rings. The summed E-state index contributed by atoms with van der Waals surface area (Å²) in [6.07, 6.45) is 1.47. The van der Waals surface area contributed by atoms with Crippen molar-refractivity contribution in [3.63, 3.8) is 0 Å². The van der Waals surface area contributed by atoms with Crippen molar-refractivity contribution in [3.05, 3.63) is 35.9 Å². The summed E-state index contributed by atoms with van der Waals surface area (Å²) in [7, 11) is -6.64. The lowest BCUT2D eigenvalue weighted by Gasteiger charge is -2.27. The summed E-state index contributed by atoms with van der Waals surface area (Å²) in [6.45, 7) is 0.248. The van der Waals surface area contributed by atoms with Crippen molar-refractivity contribution in [2.24, 2.45) is 0 Å². The van der Waals surface area contributed by atoms with E-state index in [2.05, 4.69) is 0 Å². The third-order valence-corrected chi connectivity index (χ3v) is 6.23. The molecular weight excluding hydrogens is 286 g/mol. The van der Waals surface area contributed by atoms with E-state index in [-0.39, 0.29) is 18.1 Å². The van der Waals surface area contributed by atoms with Gasteiger partial charge >= 0.3 is 0 Å². The molecule has 1 aromatic carbocycles. The first-order valence-corrected chi connectivity index (χ1v) is 9.69. The van der Waals surface area contributed by atoms with Gasteiger partial charge in [-0.3, -0.25) is 0 Å². The second kappa shape index (κ2) is 5.22. The Balaban J connectivity index is 2.48. The Hall–Kier alpha value is -0.920. The van der Waals surface area contributed by atoms with E-state index < -0.39 is 25.9 Å². The molecule has 106 valence electrons. The van der Waals surface area contributed by atoms with Crippen LogP contribution in [0.2, 0.25) is 0 Å². The quantitative estimate of drug-likeness (QED) is 0.810. The lowest BCUT2D eigenvalue weighted by Crippen LogP contribution is -2.36. The molecule has 0 aliphatic carbocycles. The Labute approximate surface area is 114 Å². The van der Waals surface area contributed by atoms with Crippen LogP contribution >= 0.6 is 0 Å². The number of benzene rings is 1. The largest absolute Gasteiger partial charge is 0.229 e. The van der Waals surface area contributed by atoms with Crippen molar-refractivity contribution in [1.82, 2.24) is 4.31 Å². The average molecular weight is 303 g/mol. The van der Waals surface area contributed by atoms with Crippen molar-refractivity contribution < 1.29 is 16.8 Å². The molecule has 0 aromatic heterocycles. The third kappa shape index (κ3) is 3.55. The highest BCUT2D eigenvalue weighted by molar-refractivity contribution is 7.91. The fraction of sp³-hybridized carbons (Fsp3) is 0.500. The second-order valence-corrected chi connectivity index (χ2v) is 8.93. The summed E-state index contributed by atoms with van der Waals surface area (Å²) < 4.78 is 48.8. The van der Waals surface area contributed by atoms with Crippen LogP contribution in [0, 0.1) is 0 Å². The Morgan fingerprint density at radius 3 is 2.42 bits per heavy atom. The topological polar surface area (TPSA) is 71.5 Å². The zero-order valence-electron chi connectivity index (χ0n) is 10.7. The Morgan fingerprint density at radius 2 is 1.84 bits per heavy atom. The van der Waals surface area contributed by atoms with Crippen LogP contribution in [0.1, 0.15) is 18.0 Å². The lowest BCUT2D eigenvalue weighted by atomic mass is 10.1. The zero-order valence-corrected chi connectivity index (χ0v) is 12.3. The maximum Gasteiger partial charge on any atom is 0.211 e. The molecule has 1 saturated heterocycles. The minimum Gasteiger partial charge on any atom is -0.229 e. The molecule has 1 aromatic rings. The molecule has 5 nitrogen and oxygen atoms in total. The van der Waals surface area contributed by atoms with E-state index in [0.29, 0.717) is 6.42 Å². The van der Waals surface area contributed by atoms with Gasteiger partial charge in [-0.1, -0.05) is 30.3 Å². The van der Waals surface area contributed by atoms with Gasteiger partial charge in [0.25, 0.3) is 0 Å². The van der Waals surface area contributed by atoms with E-state index in [9.17, 15) is 16.8 Å². The lowest BCUT2D eigenvalue weighted by molar-refractivity contribution is 0.354. The molecule has 1 aliphatic heterocycles. The minimum absolute atomic E-state index is 0.0440. The normalized spacial score (nSPS) is 24.8.